The standard InChI is InChI=1S/C25H22N4O2/c1-2-31-20-13-11-19(12-14-20)28-25(23-9-5-6-16-26-23)29-27-17-22-21-8-4-3-7-18(21)10-15-24(22)30/h3-17,30H,2H2,1H3,(H,28,29)/b27-17+. The highest BCUT2D eigenvalue weighted by Gasteiger charge is 2.07. The fourth-order valence-electron chi connectivity index (χ4n) is 3.13. The molecule has 0 aliphatic heterocycles. The number of nitrogens with one attached hydrogen (secondary N) is 1. The van der Waals surface area contributed by atoms with Gasteiger partial charge in [0.25, 0.3) is 0 Å². The van der Waals surface area contributed by atoms with Gasteiger partial charge in [-0.15, -0.1) is 0 Å². The number of aromatic hydroxyl groups is 1. The highest BCUT2D eigenvalue weighted by atomic mass is 16.5. The molecule has 154 valence electrons. The topological polar surface area (TPSA) is 79.1 Å². The van der Waals surface area contributed by atoms with Crippen LogP contribution in [0, 0.1) is 0 Å². The number of amidine groups is 1. The van der Waals surface area contributed by atoms with Crippen molar-refractivity contribution >= 4 is 28.5 Å². The molecule has 6 nitrogen and oxygen atoms in total. The number of pyridine rings is 1. The number of fused-ring (bicyclic) bond motifs is 1. The highest BCUT2D eigenvalue weighted by Crippen LogP contribution is 2.25. The van der Waals surface area contributed by atoms with E-state index in [1.807, 2.05) is 79.7 Å². The summed E-state index contributed by atoms with van der Waals surface area (Å²) in [5, 5.41) is 16.6. The average molecular weight is 410 g/mol. The smallest absolute Gasteiger partial charge is 0.172 e. The number of nitrogens with zero attached hydrogens (tertiary/aromatic N) is 3. The Balaban J connectivity index is 1.64. The summed E-state index contributed by atoms with van der Waals surface area (Å²) < 4.78 is 5.49. The van der Waals surface area contributed by atoms with Gasteiger partial charge in [0.1, 0.15) is 17.2 Å². The van der Waals surface area contributed by atoms with Gasteiger partial charge in [0.05, 0.1) is 18.5 Å². The maximum Gasteiger partial charge on any atom is 0.172 e. The maximum atomic E-state index is 10.3. The third-order valence-corrected chi connectivity index (χ3v) is 4.61. The van der Waals surface area contributed by atoms with Crippen molar-refractivity contribution in [3.05, 3.63) is 96.3 Å². The molecule has 1 aromatic heterocycles. The Labute approximate surface area is 180 Å². The molecule has 0 amide bonds. The Kier molecular flexibility index (Phi) is 6.18. The van der Waals surface area contributed by atoms with Gasteiger partial charge < -0.3 is 9.84 Å². The van der Waals surface area contributed by atoms with Crippen LogP contribution in [0.25, 0.3) is 10.8 Å². The summed E-state index contributed by atoms with van der Waals surface area (Å²) in [6.45, 7) is 2.56. The van der Waals surface area contributed by atoms with E-state index in [1.165, 1.54) is 0 Å². The van der Waals surface area contributed by atoms with Crippen LogP contribution >= 0.6 is 0 Å². The van der Waals surface area contributed by atoms with Gasteiger partial charge >= 0.3 is 0 Å². The predicted octanol–water partition coefficient (Wildman–Crippen LogP) is 5.04. The lowest BCUT2D eigenvalue weighted by molar-refractivity contribution is 0.340. The predicted molar refractivity (Wildman–Crippen MR) is 124 cm³/mol. The minimum absolute atomic E-state index is 0.159. The van der Waals surface area contributed by atoms with Crippen molar-refractivity contribution in [3.8, 4) is 11.5 Å². The van der Waals surface area contributed by atoms with Crippen LogP contribution in [-0.4, -0.2) is 28.7 Å². The number of benzene rings is 3. The fraction of sp³-hybridized carbons (Fsp3) is 0.0800. The number of hydrazone groups is 1. The number of rotatable bonds is 6. The van der Waals surface area contributed by atoms with Crippen molar-refractivity contribution in [1.29, 1.82) is 0 Å². The van der Waals surface area contributed by atoms with E-state index >= 15 is 0 Å². The summed E-state index contributed by atoms with van der Waals surface area (Å²) in [4.78, 5) is 9.03. The minimum atomic E-state index is 0.159. The molecule has 0 bridgehead atoms. The van der Waals surface area contributed by atoms with E-state index in [9.17, 15) is 5.11 Å². The first-order chi connectivity index (χ1) is 15.2. The van der Waals surface area contributed by atoms with Gasteiger partial charge in [-0.25, -0.2) is 4.99 Å². The summed E-state index contributed by atoms with van der Waals surface area (Å²) in [5.41, 5.74) is 5.00. The number of hydrogen-bond acceptors (Lipinski definition) is 5. The number of aromatic nitrogens is 1. The molecule has 0 fully saturated rings. The molecule has 3 aromatic carbocycles. The second kappa shape index (κ2) is 9.54. The van der Waals surface area contributed by atoms with Crippen LogP contribution in [-0.2, 0) is 0 Å². The van der Waals surface area contributed by atoms with Crippen molar-refractivity contribution in [3.63, 3.8) is 0 Å². The molecule has 6 heteroatoms. The van der Waals surface area contributed by atoms with Crippen LogP contribution in [0.5, 0.6) is 11.5 Å². The summed E-state index contributed by atoms with van der Waals surface area (Å²) >= 11 is 0. The summed E-state index contributed by atoms with van der Waals surface area (Å²) in [6.07, 6.45) is 3.29. The fourth-order valence-corrected chi connectivity index (χ4v) is 3.13. The lowest BCUT2D eigenvalue weighted by atomic mass is 10.0. The molecule has 0 atom stereocenters. The van der Waals surface area contributed by atoms with Crippen LogP contribution < -0.4 is 10.2 Å². The van der Waals surface area contributed by atoms with Crippen molar-refractivity contribution in [2.45, 2.75) is 6.92 Å². The van der Waals surface area contributed by atoms with E-state index < -0.39 is 0 Å². The molecule has 4 aromatic rings. The van der Waals surface area contributed by atoms with Crippen molar-refractivity contribution in [2.24, 2.45) is 10.1 Å². The minimum Gasteiger partial charge on any atom is -0.507 e. The Hall–Kier alpha value is -4.19. The Morgan fingerprint density at radius 3 is 2.58 bits per heavy atom. The largest absolute Gasteiger partial charge is 0.507 e. The van der Waals surface area contributed by atoms with E-state index in [4.69, 9.17) is 4.74 Å². The van der Waals surface area contributed by atoms with Gasteiger partial charge in [0, 0.05) is 11.8 Å². The molecule has 0 saturated heterocycles. The first kappa shape index (κ1) is 20.1. The number of phenolic OH excluding ortho intramolecular Hbond substituents is 1. The Morgan fingerprint density at radius 1 is 1.00 bits per heavy atom. The van der Waals surface area contributed by atoms with Crippen LogP contribution in [0.2, 0.25) is 0 Å². The van der Waals surface area contributed by atoms with Crippen LogP contribution in [0.1, 0.15) is 18.2 Å². The van der Waals surface area contributed by atoms with Crippen molar-refractivity contribution in [1.82, 2.24) is 10.4 Å². The first-order valence-electron chi connectivity index (χ1n) is 9.97. The van der Waals surface area contributed by atoms with E-state index in [2.05, 4.69) is 20.5 Å². The quantitative estimate of drug-likeness (QED) is 0.265. The monoisotopic (exact) mass is 410 g/mol. The van der Waals surface area contributed by atoms with E-state index in [0.29, 0.717) is 23.7 Å². The highest BCUT2D eigenvalue weighted by molar-refractivity contribution is 6.03. The first-order valence-corrected chi connectivity index (χ1v) is 9.97. The molecule has 0 radical (unpaired) electrons. The van der Waals surface area contributed by atoms with E-state index in [1.54, 1.807) is 18.5 Å². The normalized spacial score (nSPS) is 11.7. The molecule has 0 spiro atoms. The molecule has 4 rings (SSSR count). The van der Waals surface area contributed by atoms with Gasteiger partial charge in [-0.3, -0.25) is 10.4 Å². The molecule has 0 aliphatic carbocycles. The average Bonchev–Trinajstić information content (AvgIpc) is 2.81. The molecular formula is C25H22N4O2. The van der Waals surface area contributed by atoms with Crippen LogP contribution in [0.3, 0.4) is 0 Å². The SMILES string of the molecule is CCOc1ccc(N=C(N/N=C/c2c(O)ccc3ccccc23)c2ccccn2)cc1. The second-order valence-electron chi connectivity index (χ2n) is 6.69. The number of phenols is 1. The lowest BCUT2D eigenvalue weighted by Gasteiger charge is -2.07. The summed E-state index contributed by atoms with van der Waals surface area (Å²) in [7, 11) is 0. The molecule has 1 heterocycles. The van der Waals surface area contributed by atoms with Gasteiger partial charge in [0.2, 0.25) is 0 Å². The van der Waals surface area contributed by atoms with E-state index in [0.717, 1.165) is 22.2 Å². The molecular weight excluding hydrogens is 388 g/mol. The number of aliphatic imine (C=N–C) groups is 1. The van der Waals surface area contributed by atoms with Gasteiger partial charge in [-0.2, -0.15) is 5.10 Å². The third kappa shape index (κ3) is 4.87. The van der Waals surface area contributed by atoms with E-state index in [-0.39, 0.29) is 5.75 Å². The van der Waals surface area contributed by atoms with Crippen LogP contribution in [0.15, 0.2) is 95.2 Å². The van der Waals surface area contributed by atoms with Crippen molar-refractivity contribution in [2.75, 3.05) is 6.61 Å². The summed E-state index contributed by atoms with van der Waals surface area (Å²) in [5.74, 6) is 1.44. The zero-order valence-corrected chi connectivity index (χ0v) is 17.1. The van der Waals surface area contributed by atoms with Gasteiger partial charge in [-0.1, -0.05) is 36.4 Å². The van der Waals surface area contributed by atoms with Gasteiger partial charge in [-0.05, 0) is 60.2 Å². The van der Waals surface area contributed by atoms with Crippen molar-refractivity contribution < 1.29 is 9.84 Å². The maximum absolute atomic E-state index is 10.3. The molecule has 2 N–H and O–H groups in total. The number of ether oxygens (including phenoxy) is 1. The summed E-state index contributed by atoms with van der Waals surface area (Å²) in [6, 6.07) is 24.4. The lowest BCUT2D eigenvalue weighted by Crippen LogP contribution is -2.20. The molecule has 0 unspecified atom stereocenters. The Morgan fingerprint density at radius 2 is 1.81 bits per heavy atom. The molecule has 31 heavy (non-hydrogen) atoms. The second-order valence-corrected chi connectivity index (χ2v) is 6.69. The van der Waals surface area contributed by atoms with Crippen LogP contribution in [0.4, 0.5) is 5.69 Å². The zero-order valence-electron chi connectivity index (χ0n) is 17.1. The van der Waals surface area contributed by atoms with Gasteiger partial charge in [0.15, 0.2) is 5.84 Å². The number of hydrogen-bond donors (Lipinski definition) is 2. The molecule has 0 aliphatic rings. The zero-order chi connectivity index (χ0) is 21.5. The Bertz CT molecular complexity index is 1220. The molecule has 0 saturated carbocycles. The third-order valence-electron chi connectivity index (χ3n) is 4.61.